The fourth-order valence-corrected chi connectivity index (χ4v) is 1.38. The van der Waals surface area contributed by atoms with E-state index in [4.69, 9.17) is 5.11 Å². The number of carbonyl (C=O) groups excluding carboxylic acids is 1. The highest BCUT2D eigenvalue weighted by Gasteiger charge is 2.12. The largest absolute Gasteiger partial charge is 0.481 e. The van der Waals surface area contributed by atoms with Crippen molar-refractivity contribution in [3.63, 3.8) is 0 Å². The molecule has 1 atom stereocenters. The average molecular weight is 232 g/mol. The van der Waals surface area contributed by atoms with Gasteiger partial charge in [0.1, 0.15) is 0 Å². The molecule has 1 aromatic rings. The second kappa shape index (κ2) is 5.43. The van der Waals surface area contributed by atoms with E-state index in [-0.39, 0.29) is 5.78 Å². The summed E-state index contributed by atoms with van der Waals surface area (Å²) in [5.74, 6) is -1.32. The Hall–Kier alpha value is -1.90. The molecule has 0 spiro atoms. The van der Waals surface area contributed by atoms with Gasteiger partial charge in [-0.2, -0.15) is 0 Å². The van der Waals surface area contributed by atoms with Crippen LogP contribution in [0.5, 0.6) is 0 Å². The van der Waals surface area contributed by atoms with Crippen molar-refractivity contribution in [1.29, 1.82) is 0 Å². The van der Waals surface area contributed by atoms with Crippen molar-refractivity contribution in [2.75, 3.05) is 0 Å². The molecule has 0 saturated heterocycles. The van der Waals surface area contributed by atoms with Gasteiger partial charge in [0.05, 0.1) is 5.92 Å². The number of rotatable bonds is 4. The van der Waals surface area contributed by atoms with Gasteiger partial charge in [-0.05, 0) is 43.5 Å². The zero-order valence-corrected chi connectivity index (χ0v) is 10.2. The van der Waals surface area contributed by atoms with Gasteiger partial charge in [0.2, 0.25) is 0 Å². The maximum Gasteiger partial charge on any atom is 0.310 e. The van der Waals surface area contributed by atoms with Gasteiger partial charge in [0.25, 0.3) is 0 Å². The summed E-state index contributed by atoms with van der Waals surface area (Å²) in [7, 11) is 0. The second-order valence-electron chi connectivity index (χ2n) is 4.11. The molecule has 0 amide bonds. The van der Waals surface area contributed by atoms with Gasteiger partial charge in [-0.25, -0.2) is 0 Å². The first-order valence-corrected chi connectivity index (χ1v) is 5.44. The van der Waals surface area contributed by atoms with Crippen LogP contribution in [0.25, 0.3) is 6.08 Å². The number of ketones is 1. The summed E-state index contributed by atoms with van der Waals surface area (Å²) in [5.41, 5.74) is 2.35. The van der Waals surface area contributed by atoms with E-state index < -0.39 is 11.9 Å². The van der Waals surface area contributed by atoms with E-state index in [0.717, 1.165) is 11.1 Å². The third-order valence-electron chi connectivity index (χ3n) is 2.75. The summed E-state index contributed by atoms with van der Waals surface area (Å²) >= 11 is 0. The predicted octanol–water partition coefficient (Wildman–Crippen LogP) is 2.87. The molecule has 0 bridgehead atoms. The Labute approximate surface area is 101 Å². The molecule has 0 heterocycles. The highest BCUT2D eigenvalue weighted by molar-refractivity contribution is 5.97. The zero-order valence-electron chi connectivity index (χ0n) is 10.2. The van der Waals surface area contributed by atoms with Crippen LogP contribution in [-0.2, 0) is 9.59 Å². The van der Waals surface area contributed by atoms with Gasteiger partial charge >= 0.3 is 5.97 Å². The first-order chi connectivity index (χ1) is 7.91. The third-order valence-corrected chi connectivity index (χ3v) is 2.75. The highest BCUT2D eigenvalue weighted by atomic mass is 16.4. The molecule has 0 saturated carbocycles. The topological polar surface area (TPSA) is 54.4 Å². The minimum Gasteiger partial charge on any atom is -0.481 e. The molecule has 1 aromatic carbocycles. The summed E-state index contributed by atoms with van der Waals surface area (Å²) in [6.45, 7) is 4.93. The Balaban J connectivity index is 2.93. The lowest BCUT2D eigenvalue weighted by Gasteiger charge is -2.06. The van der Waals surface area contributed by atoms with E-state index in [1.54, 1.807) is 32.1 Å². The maximum absolute atomic E-state index is 11.1. The number of benzene rings is 1. The Morgan fingerprint density at radius 3 is 2.12 bits per heavy atom. The monoisotopic (exact) mass is 232 g/mol. The van der Waals surface area contributed by atoms with Crippen LogP contribution in [0.3, 0.4) is 0 Å². The molecule has 0 aromatic heterocycles. The SMILES string of the molecule is CC(=O)/C(C)=C/c1ccc(C(C)C(=O)O)cc1. The lowest BCUT2D eigenvalue weighted by atomic mass is 9.99. The van der Waals surface area contributed by atoms with Crippen LogP contribution in [0.1, 0.15) is 37.8 Å². The minimum atomic E-state index is -0.840. The molecule has 0 aliphatic carbocycles. The van der Waals surface area contributed by atoms with E-state index in [1.165, 1.54) is 6.92 Å². The van der Waals surface area contributed by atoms with Gasteiger partial charge in [-0.3, -0.25) is 9.59 Å². The van der Waals surface area contributed by atoms with Gasteiger partial charge in [0.15, 0.2) is 5.78 Å². The molecule has 0 fully saturated rings. The van der Waals surface area contributed by atoms with Crippen molar-refractivity contribution < 1.29 is 14.7 Å². The van der Waals surface area contributed by atoms with Crippen molar-refractivity contribution in [3.8, 4) is 0 Å². The number of allylic oxidation sites excluding steroid dienone is 1. The van der Waals surface area contributed by atoms with Crippen LogP contribution in [0.4, 0.5) is 0 Å². The first kappa shape index (κ1) is 13.2. The lowest BCUT2D eigenvalue weighted by Crippen LogP contribution is -2.06. The average Bonchev–Trinajstić information content (AvgIpc) is 2.28. The van der Waals surface area contributed by atoms with E-state index in [0.29, 0.717) is 5.57 Å². The molecule has 1 rings (SSSR count). The molecule has 17 heavy (non-hydrogen) atoms. The molecule has 3 nitrogen and oxygen atoms in total. The van der Waals surface area contributed by atoms with E-state index in [1.807, 2.05) is 12.1 Å². The predicted molar refractivity (Wildman–Crippen MR) is 66.8 cm³/mol. The number of hydrogen-bond acceptors (Lipinski definition) is 2. The summed E-state index contributed by atoms with van der Waals surface area (Å²) in [5, 5.41) is 8.87. The summed E-state index contributed by atoms with van der Waals surface area (Å²) in [4.78, 5) is 21.9. The molecule has 3 heteroatoms. The van der Waals surface area contributed by atoms with Crippen LogP contribution in [0.15, 0.2) is 29.8 Å². The molecule has 0 radical (unpaired) electrons. The van der Waals surface area contributed by atoms with Crippen LogP contribution >= 0.6 is 0 Å². The number of carboxylic acids is 1. The van der Waals surface area contributed by atoms with Crippen LogP contribution < -0.4 is 0 Å². The molecule has 1 N–H and O–H groups in total. The molecule has 90 valence electrons. The number of carbonyl (C=O) groups is 2. The maximum atomic E-state index is 11.1. The lowest BCUT2D eigenvalue weighted by molar-refractivity contribution is -0.138. The summed E-state index contributed by atoms with van der Waals surface area (Å²) in [6, 6.07) is 7.19. The molecular weight excluding hydrogens is 216 g/mol. The van der Waals surface area contributed by atoms with Crippen molar-refractivity contribution in [3.05, 3.63) is 41.0 Å². The van der Waals surface area contributed by atoms with Crippen molar-refractivity contribution >= 4 is 17.8 Å². The summed E-state index contributed by atoms with van der Waals surface area (Å²) < 4.78 is 0. The zero-order chi connectivity index (χ0) is 13.0. The van der Waals surface area contributed by atoms with Crippen molar-refractivity contribution in [2.45, 2.75) is 26.7 Å². The van der Waals surface area contributed by atoms with Gasteiger partial charge in [-0.1, -0.05) is 24.3 Å². The first-order valence-electron chi connectivity index (χ1n) is 5.44. The van der Waals surface area contributed by atoms with Crippen LogP contribution in [0, 0.1) is 0 Å². The van der Waals surface area contributed by atoms with E-state index in [9.17, 15) is 9.59 Å². The number of aliphatic carboxylic acids is 1. The standard InChI is InChI=1S/C14H16O3/c1-9(11(3)15)8-12-4-6-13(7-5-12)10(2)14(16)17/h4-8,10H,1-3H3,(H,16,17)/b9-8+. The van der Waals surface area contributed by atoms with Gasteiger partial charge in [-0.15, -0.1) is 0 Å². The molecular formula is C14H16O3. The quantitative estimate of drug-likeness (QED) is 0.812. The van der Waals surface area contributed by atoms with Crippen LogP contribution in [0.2, 0.25) is 0 Å². The number of carboxylic acid groups (broad SMARTS) is 1. The minimum absolute atomic E-state index is 0.0352. The Kier molecular flexibility index (Phi) is 4.21. The normalized spacial score (nSPS) is 13.2. The smallest absolute Gasteiger partial charge is 0.310 e. The van der Waals surface area contributed by atoms with Gasteiger partial charge < -0.3 is 5.11 Å². The summed E-state index contributed by atoms with van der Waals surface area (Å²) in [6.07, 6.45) is 1.79. The fourth-order valence-electron chi connectivity index (χ4n) is 1.38. The number of hydrogen-bond donors (Lipinski definition) is 1. The molecule has 1 unspecified atom stereocenters. The van der Waals surface area contributed by atoms with Crippen molar-refractivity contribution in [2.24, 2.45) is 0 Å². The highest BCUT2D eigenvalue weighted by Crippen LogP contribution is 2.17. The Morgan fingerprint density at radius 1 is 1.18 bits per heavy atom. The van der Waals surface area contributed by atoms with E-state index in [2.05, 4.69) is 0 Å². The van der Waals surface area contributed by atoms with Crippen molar-refractivity contribution in [1.82, 2.24) is 0 Å². The Bertz CT molecular complexity index is 455. The van der Waals surface area contributed by atoms with Gasteiger partial charge in [0, 0.05) is 0 Å². The van der Waals surface area contributed by atoms with Crippen LogP contribution in [-0.4, -0.2) is 16.9 Å². The molecule has 0 aliphatic heterocycles. The third kappa shape index (κ3) is 3.55. The number of Topliss-reactive ketones (excluding diaryl/α,β-unsaturated/α-hetero) is 1. The fraction of sp³-hybridized carbons (Fsp3) is 0.286. The Morgan fingerprint density at radius 2 is 1.71 bits per heavy atom. The molecule has 0 aliphatic rings. The second-order valence-corrected chi connectivity index (χ2v) is 4.11. The van der Waals surface area contributed by atoms with E-state index >= 15 is 0 Å².